The van der Waals surface area contributed by atoms with Gasteiger partial charge in [-0.2, -0.15) is 0 Å². The van der Waals surface area contributed by atoms with E-state index in [9.17, 15) is 9.90 Å². The van der Waals surface area contributed by atoms with Crippen molar-refractivity contribution in [2.75, 3.05) is 20.2 Å². The number of unbranched alkanes of at least 4 members (excludes halogenated alkanes) is 2. The van der Waals surface area contributed by atoms with Gasteiger partial charge in [0.2, 0.25) is 0 Å². The number of methoxy groups -OCH3 is 1. The number of aliphatic imine (C=N–C) groups is 1. The Morgan fingerprint density at radius 3 is 2.71 bits per heavy atom. The third kappa shape index (κ3) is 5.05. The van der Waals surface area contributed by atoms with E-state index in [1.165, 1.54) is 0 Å². The number of aliphatic carboxylic acids is 1. The Kier molecular flexibility index (Phi) is 7.34. The van der Waals surface area contributed by atoms with E-state index >= 15 is 0 Å². The molecule has 0 spiro atoms. The Bertz CT molecular complexity index is 748. The van der Waals surface area contributed by atoms with Crippen LogP contribution in [0, 0.1) is 0 Å². The average molecular weight is 497 g/mol. The van der Waals surface area contributed by atoms with Crippen LogP contribution in [0.2, 0.25) is 0 Å². The first-order chi connectivity index (χ1) is 13.5. The zero-order valence-electron chi connectivity index (χ0n) is 16.5. The van der Waals surface area contributed by atoms with Gasteiger partial charge in [0, 0.05) is 31.8 Å². The molecular weight excluding hydrogens is 469 g/mol. The number of carbonyl (C=O) groups is 1. The van der Waals surface area contributed by atoms with Crippen LogP contribution >= 0.6 is 22.6 Å². The fraction of sp³-hybridized carbons (Fsp3) is 0.524. The molecule has 1 aromatic carbocycles. The van der Waals surface area contributed by atoms with Gasteiger partial charge in [-0.05, 0) is 30.2 Å². The number of halogens is 1. The number of nitrogens with zero attached hydrogens (tertiary/aromatic N) is 3. The highest BCUT2D eigenvalue weighted by Gasteiger charge is 2.39. The molecule has 2 unspecified atom stereocenters. The minimum absolute atomic E-state index is 0.0656. The first kappa shape index (κ1) is 21.1. The molecule has 1 fully saturated rings. The van der Waals surface area contributed by atoms with Crippen LogP contribution in [0.25, 0.3) is 0 Å². The van der Waals surface area contributed by atoms with Crippen molar-refractivity contribution in [1.82, 2.24) is 9.80 Å². The molecule has 1 saturated heterocycles. The lowest BCUT2D eigenvalue weighted by Crippen LogP contribution is -2.57. The number of alkyl halides is 1. The Morgan fingerprint density at radius 2 is 2.07 bits per heavy atom. The zero-order valence-corrected chi connectivity index (χ0v) is 18.6. The van der Waals surface area contributed by atoms with E-state index in [1.54, 1.807) is 7.11 Å². The van der Waals surface area contributed by atoms with Gasteiger partial charge in [-0.3, -0.25) is 9.89 Å². The second-order valence-electron chi connectivity index (χ2n) is 7.27. The largest absolute Gasteiger partial charge is 0.497 e. The van der Waals surface area contributed by atoms with Crippen LogP contribution in [-0.4, -0.2) is 57.0 Å². The maximum absolute atomic E-state index is 12.1. The summed E-state index contributed by atoms with van der Waals surface area (Å²) in [6.07, 6.45) is 6.26. The van der Waals surface area contributed by atoms with Crippen LogP contribution < -0.4 is 4.74 Å². The van der Waals surface area contributed by atoms with E-state index in [0.29, 0.717) is 13.1 Å². The summed E-state index contributed by atoms with van der Waals surface area (Å²) in [6, 6.07) is 7.37. The summed E-state index contributed by atoms with van der Waals surface area (Å²) in [5, 5.41) is 9.92. The van der Waals surface area contributed by atoms with Crippen LogP contribution in [0.15, 0.2) is 41.0 Å². The molecule has 1 aromatic rings. The number of ether oxygens (including phenoxy) is 1. The standard InChI is InChI=1S/C21H28IN3O3/c1-3-4-5-6-20-23-19(22)11-16-13-24(14-18(21(26)27)25(16)20)12-15-7-9-17(28-2)10-8-15/h7-11,18-19H,3-6,12-14H2,1-2H3,(H,26,27). The SMILES string of the molecule is CCCCCC1=NC(I)C=C2CN(Cc3ccc(OC)cc3)CC(C(=O)O)N21. The van der Waals surface area contributed by atoms with Crippen molar-refractivity contribution in [2.45, 2.75) is 49.2 Å². The molecule has 2 aliphatic heterocycles. The Balaban J connectivity index is 1.77. The lowest BCUT2D eigenvalue weighted by molar-refractivity contribution is -0.143. The molecule has 2 heterocycles. The Hall–Kier alpha value is -1.61. The van der Waals surface area contributed by atoms with Gasteiger partial charge in [-0.1, -0.05) is 54.5 Å². The number of hydrogen-bond acceptors (Lipinski definition) is 5. The number of carboxylic acid groups (broad SMARTS) is 1. The van der Waals surface area contributed by atoms with Gasteiger partial charge in [-0.15, -0.1) is 0 Å². The molecule has 0 radical (unpaired) electrons. The van der Waals surface area contributed by atoms with Crippen molar-refractivity contribution in [3.8, 4) is 5.75 Å². The molecule has 0 saturated carbocycles. The molecular formula is C21H28IN3O3. The number of hydrogen-bond donors (Lipinski definition) is 1. The second-order valence-corrected chi connectivity index (χ2v) is 8.55. The number of carboxylic acids is 1. The topological polar surface area (TPSA) is 65.4 Å². The summed E-state index contributed by atoms with van der Waals surface area (Å²) < 4.78 is 5.29. The summed E-state index contributed by atoms with van der Waals surface area (Å²) >= 11 is 2.31. The van der Waals surface area contributed by atoms with Crippen LogP contribution in [0.3, 0.4) is 0 Å². The zero-order chi connectivity index (χ0) is 20.1. The Labute approximate surface area is 180 Å². The maximum Gasteiger partial charge on any atom is 0.328 e. The molecule has 2 aliphatic rings. The number of fused-ring (bicyclic) bond motifs is 1. The first-order valence-corrected chi connectivity index (χ1v) is 11.0. The fourth-order valence-electron chi connectivity index (χ4n) is 3.79. The second kappa shape index (κ2) is 9.73. The Morgan fingerprint density at radius 1 is 1.32 bits per heavy atom. The molecule has 7 heteroatoms. The summed E-state index contributed by atoms with van der Waals surface area (Å²) in [5.41, 5.74) is 2.21. The molecule has 0 bridgehead atoms. The van der Waals surface area contributed by atoms with E-state index in [2.05, 4.69) is 40.5 Å². The minimum Gasteiger partial charge on any atom is -0.497 e. The summed E-state index contributed by atoms with van der Waals surface area (Å²) in [4.78, 5) is 21.0. The molecule has 0 amide bonds. The number of piperazine rings is 1. The van der Waals surface area contributed by atoms with Crippen molar-refractivity contribution >= 4 is 34.4 Å². The van der Waals surface area contributed by atoms with Crippen molar-refractivity contribution in [2.24, 2.45) is 4.99 Å². The molecule has 2 atom stereocenters. The van der Waals surface area contributed by atoms with Crippen LogP contribution in [0.4, 0.5) is 0 Å². The number of benzene rings is 1. The molecule has 28 heavy (non-hydrogen) atoms. The smallest absolute Gasteiger partial charge is 0.328 e. The van der Waals surface area contributed by atoms with Crippen LogP contribution in [0.1, 0.15) is 38.2 Å². The monoisotopic (exact) mass is 497 g/mol. The highest BCUT2D eigenvalue weighted by molar-refractivity contribution is 14.1. The van der Waals surface area contributed by atoms with E-state index < -0.39 is 12.0 Å². The van der Waals surface area contributed by atoms with Gasteiger partial charge < -0.3 is 14.7 Å². The molecule has 6 nitrogen and oxygen atoms in total. The predicted molar refractivity (Wildman–Crippen MR) is 119 cm³/mol. The number of rotatable bonds is 8. The summed E-state index contributed by atoms with van der Waals surface area (Å²) in [6.45, 7) is 4.11. The highest BCUT2D eigenvalue weighted by Crippen LogP contribution is 2.29. The lowest BCUT2D eigenvalue weighted by atomic mass is 10.0. The third-order valence-electron chi connectivity index (χ3n) is 5.17. The van der Waals surface area contributed by atoms with Crippen LogP contribution in [-0.2, 0) is 11.3 Å². The van der Waals surface area contributed by atoms with Gasteiger partial charge >= 0.3 is 5.97 Å². The molecule has 152 valence electrons. The molecule has 3 rings (SSSR count). The number of amidine groups is 1. The molecule has 0 aliphatic carbocycles. The third-order valence-corrected chi connectivity index (χ3v) is 5.81. The van der Waals surface area contributed by atoms with E-state index in [-0.39, 0.29) is 4.05 Å². The van der Waals surface area contributed by atoms with Gasteiger partial charge in [0.1, 0.15) is 21.7 Å². The van der Waals surface area contributed by atoms with E-state index in [4.69, 9.17) is 9.73 Å². The molecule has 1 N–H and O–H groups in total. The summed E-state index contributed by atoms with van der Waals surface area (Å²) in [5.74, 6) is 0.968. The molecule has 0 aromatic heterocycles. The van der Waals surface area contributed by atoms with Gasteiger partial charge in [-0.25, -0.2) is 4.79 Å². The highest BCUT2D eigenvalue weighted by atomic mass is 127. The van der Waals surface area contributed by atoms with E-state index in [0.717, 1.165) is 55.1 Å². The van der Waals surface area contributed by atoms with E-state index in [1.807, 2.05) is 29.2 Å². The predicted octanol–water partition coefficient (Wildman–Crippen LogP) is 3.90. The fourth-order valence-corrected chi connectivity index (χ4v) is 4.53. The van der Waals surface area contributed by atoms with Crippen molar-refractivity contribution in [3.05, 3.63) is 41.6 Å². The minimum atomic E-state index is -0.791. The van der Waals surface area contributed by atoms with Gasteiger partial charge in [0.25, 0.3) is 0 Å². The lowest BCUT2D eigenvalue weighted by Gasteiger charge is -2.44. The van der Waals surface area contributed by atoms with Gasteiger partial charge in [0.15, 0.2) is 0 Å². The van der Waals surface area contributed by atoms with Gasteiger partial charge in [0.05, 0.1) is 7.11 Å². The van der Waals surface area contributed by atoms with Crippen LogP contribution in [0.5, 0.6) is 5.75 Å². The maximum atomic E-state index is 12.1. The normalized spacial score (nSPS) is 22.3. The first-order valence-electron chi connectivity index (χ1n) is 9.80. The van der Waals surface area contributed by atoms with Crippen molar-refractivity contribution in [3.63, 3.8) is 0 Å². The quantitative estimate of drug-likeness (QED) is 0.256. The summed E-state index contributed by atoms with van der Waals surface area (Å²) in [7, 11) is 1.65. The van der Waals surface area contributed by atoms with Crippen molar-refractivity contribution in [1.29, 1.82) is 0 Å². The average Bonchev–Trinajstić information content (AvgIpc) is 2.67. The van der Waals surface area contributed by atoms with Crippen molar-refractivity contribution < 1.29 is 14.6 Å².